The number of rotatable bonds is 5. The summed E-state index contributed by atoms with van der Waals surface area (Å²) in [7, 11) is 3.34. The lowest BCUT2D eigenvalue weighted by Gasteiger charge is -2.27. The van der Waals surface area contributed by atoms with Gasteiger partial charge in [0.2, 0.25) is 0 Å². The highest BCUT2D eigenvalue weighted by Gasteiger charge is 2.21. The third-order valence-electron chi connectivity index (χ3n) is 0.963. The zero-order valence-electron chi connectivity index (χ0n) is 6.39. The fourth-order valence-corrected chi connectivity index (χ4v) is 1.07. The molecule has 10 heavy (non-hydrogen) atoms. The third kappa shape index (κ3) is 3.61. The molecule has 0 aliphatic rings. The van der Waals surface area contributed by atoms with Crippen molar-refractivity contribution < 1.29 is 9.47 Å². The van der Waals surface area contributed by atoms with E-state index in [2.05, 4.69) is 22.9 Å². The Kier molecular flexibility index (Phi) is 5.43. The van der Waals surface area contributed by atoms with Crippen LogP contribution in [0.15, 0.2) is 0 Å². The Morgan fingerprint density at radius 3 is 1.90 bits per heavy atom. The van der Waals surface area contributed by atoms with Crippen LogP contribution in [-0.2, 0) is 9.47 Å². The first-order chi connectivity index (χ1) is 4.68. The second-order valence-corrected chi connectivity index (χ2v) is 2.86. The lowest BCUT2D eigenvalue weighted by molar-refractivity contribution is -0.156. The topological polar surface area (TPSA) is 18.5 Å². The highest BCUT2D eigenvalue weighted by atomic mass is 32.1. The molecule has 0 fully saturated rings. The smallest absolute Gasteiger partial charge is 0.152 e. The Labute approximate surface area is 71.1 Å². The van der Waals surface area contributed by atoms with Crippen LogP contribution in [0, 0.1) is 0 Å². The van der Waals surface area contributed by atoms with Crippen LogP contribution in [0.2, 0.25) is 0 Å². The van der Waals surface area contributed by atoms with Gasteiger partial charge in [-0.1, -0.05) is 0 Å². The largest absolute Gasteiger partial charge is 0.354 e. The van der Waals surface area contributed by atoms with Crippen molar-refractivity contribution in [3.63, 3.8) is 0 Å². The summed E-state index contributed by atoms with van der Waals surface area (Å²) in [5.41, 5.74) is -0.688. The van der Waals surface area contributed by atoms with Crippen molar-refractivity contribution in [2.24, 2.45) is 0 Å². The standard InChI is InChI=1S/C6H13O2SSi/c1-3-7-6(10,5-9)8-4-2/h9H,3-5H2,1-2H3. The van der Waals surface area contributed by atoms with Crippen molar-refractivity contribution in [2.45, 2.75) is 19.3 Å². The summed E-state index contributed by atoms with van der Waals surface area (Å²) in [5.74, 6) is 0.506. The molecule has 0 atom stereocenters. The van der Waals surface area contributed by atoms with Gasteiger partial charge in [-0.05, 0) is 13.8 Å². The molecule has 0 aromatic carbocycles. The monoisotopic (exact) mass is 177 g/mol. The first kappa shape index (κ1) is 10.5. The van der Waals surface area contributed by atoms with E-state index in [4.69, 9.17) is 9.47 Å². The van der Waals surface area contributed by atoms with E-state index in [0.29, 0.717) is 19.0 Å². The molecule has 4 heteroatoms. The summed E-state index contributed by atoms with van der Waals surface area (Å²) in [5, 5.41) is 0. The first-order valence-corrected chi connectivity index (χ1v) is 4.45. The Morgan fingerprint density at radius 2 is 1.70 bits per heavy atom. The fourth-order valence-electron chi connectivity index (χ4n) is 0.599. The minimum atomic E-state index is -0.688. The molecule has 59 valence electrons. The van der Waals surface area contributed by atoms with Crippen molar-refractivity contribution in [3.8, 4) is 0 Å². The number of hydrogen-bond donors (Lipinski definition) is 1. The highest BCUT2D eigenvalue weighted by Crippen LogP contribution is 2.09. The van der Waals surface area contributed by atoms with Crippen molar-refractivity contribution in [1.29, 1.82) is 0 Å². The third-order valence-corrected chi connectivity index (χ3v) is 2.14. The molecular formula is C6H13O2SSi. The normalized spacial score (nSPS) is 12.0. The molecule has 0 rings (SSSR count). The number of thiol groups is 1. The van der Waals surface area contributed by atoms with Crippen molar-refractivity contribution in [3.05, 3.63) is 0 Å². The molecule has 2 nitrogen and oxygen atoms in total. The van der Waals surface area contributed by atoms with E-state index in [0.717, 1.165) is 0 Å². The highest BCUT2D eigenvalue weighted by molar-refractivity contribution is 7.80. The summed E-state index contributed by atoms with van der Waals surface area (Å²) < 4.78 is 10.5. The fraction of sp³-hybridized carbons (Fsp3) is 1.00. The lowest BCUT2D eigenvalue weighted by atomic mass is 10.7. The Hall–Kier alpha value is 0.487. The van der Waals surface area contributed by atoms with E-state index in [-0.39, 0.29) is 0 Å². The molecule has 0 aliphatic carbocycles. The summed E-state index contributed by atoms with van der Waals surface area (Å²) in [6.45, 7) is 5.06. The first-order valence-electron chi connectivity index (χ1n) is 3.32. The van der Waals surface area contributed by atoms with Gasteiger partial charge in [-0.25, -0.2) is 0 Å². The molecule has 0 saturated carbocycles. The summed E-state index contributed by atoms with van der Waals surface area (Å²) >= 11 is 4.07. The number of hydrogen-bond acceptors (Lipinski definition) is 3. The van der Waals surface area contributed by atoms with E-state index in [1.807, 2.05) is 13.8 Å². The van der Waals surface area contributed by atoms with Gasteiger partial charge in [0.1, 0.15) is 10.2 Å². The van der Waals surface area contributed by atoms with Gasteiger partial charge in [0, 0.05) is 19.0 Å². The van der Waals surface area contributed by atoms with E-state index in [1.165, 1.54) is 0 Å². The van der Waals surface area contributed by atoms with Gasteiger partial charge in [0.05, 0.1) is 0 Å². The Balaban J connectivity index is 3.69. The Morgan fingerprint density at radius 1 is 1.30 bits per heavy atom. The lowest BCUT2D eigenvalue weighted by Crippen LogP contribution is -2.38. The molecule has 3 radical (unpaired) electrons. The second kappa shape index (κ2) is 5.18. The zero-order chi connectivity index (χ0) is 8.04. The van der Waals surface area contributed by atoms with Crippen molar-refractivity contribution >= 4 is 22.9 Å². The maximum atomic E-state index is 5.23. The summed E-state index contributed by atoms with van der Waals surface area (Å²) in [6.07, 6.45) is 0. The number of ether oxygens (including phenoxy) is 2. The molecule has 0 bridgehead atoms. The minimum Gasteiger partial charge on any atom is -0.354 e. The van der Waals surface area contributed by atoms with Crippen LogP contribution >= 0.6 is 12.6 Å². The average molecular weight is 177 g/mol. The molecular weight excluding hydrogens is 164 g/mol. The summed E-state index contributed by atoms with van der Waals surface area (Å²) in [4.78, 5) is 0. The van der Waals surface area contributed by atoms with E-state index >= 15 is 0 Å². The maximum absolute atomic E-state index is 5.23. The quantitative estimate of drug-likeness (QED) is 0.381. The van der Waals surface area contributed by atoms with Gasteiger partial charge < -0.3 is 9.47 Å². The molecule has 0 amide bonds. The molecule has 0 saturated heterocycles. The van der Waals surface area contributed by atoms with Crippen LogP contribution in [0.5, 0.6) is 0 Å². The van der Waals surface area contributed by atoms with E-state index in [1.54, 1.807) is 0 Å². The van der Waals surface area contributed by atoms with Gasteiger partial charge in [-0.15, -0.1) is 0 Å². The van der Waals surface area contributed by atoms with Crippen molar-refractivity contribution in [1.82, 2.24) is 0 Å². The van der Waals surface area contributed by atoms with Crippen LogP contribution in [0.3, 0.4) is 0 Å². The van der Waals surface area contributed by atoms with Crippen LogP contribution in [-0.4, -0.2) is 34.6 Å². The summed E-state index contributed by atoms with van der Waals surface area (Å²) in [6, 6.07) is 0. The van der Waals surface area contributed by atoms with Crippen LogP contribution in [0.25, 0.3) is 0 Å². The predicted octanol–water partition coefficient (Wildman–Crippen LogP) is 0.811. The average Bonchev–Trinajstić information content (AvgIpc) is 1.89. The SMILES string of the molecule is CCOC([Si])(CS)OCC. The van der Waals surface area contributed by atoms with Crippen molar-refractivity contribution in [2.75, 3.05) is 19.0 Å². The van der Waals surface area contributed by atoms with Crippen LogP contribution in [0.4, 0.5) is 0 Å². The van der Waals surface area contributed by atoms with Gasteiger partial charge in [0.15, 0.2) is 5.41 Å². The van der Waals surface area contributed by atoms with Gasteiger partial charge in [-0.2, -0.15) is 12.6 Å². The van der Waals surface area contributed by atoms with Gasteiger partial charge >= 0.3 is 0 Å². The van der Waals surface area contributed by atoms with E-state index in [9.17, 15) is 0 Å². The molecule has 0 aromatic heterocycles. The molecule has 0 spiro atoms. The van der Waals surface area contributed by atoms with Crippen LogP contribution < -0.4 is 0 Å². The molecule has 0 aromatic rings. The zero-order valence-corrected chi connectivity index (χ0v) is 8.28. The molecule has 0 heterocycles. The Bertz CT molecular complexity index is 83.8. The van der Waals surface area contributed by atoms with Gasteiger partial charge in [0.25, 0.3) is 0 Å². The molecule has 0 unspecified atom stereocenters. The minimum absolute atomic E-state index is 0.506. The molecule has 0 aliphatic heterocycles. The maximum Gasteiger partial charge on any atom is 0.152 e. The van der Waals surface area contributed by atoms with Crippen LogP contribution in [0.1, 0.15) is 13.8 Å². The molecule has 0 N–H and O–H groups in total. The van der Waals surface area contributed by atoms with E-state index < -0.39 is 5.41 Å². The second-order valence-electron chi connectivity index (χ2n) is 1.78. The van der Waals surface area contributed by atoms with Gasteiger partial charge in [-0.3, -0.25) is 0 Å². The predicted molar refractivity (Wildman–Crippen MR) is 45.6 cm³/mol.